The minimum atomic E-state index is -3.74. The number of carbonyl (C=O) groups excluding carboxylic acids is 1. The number of aryl methyl sites for hydroxylation is 1. The smallest absolute Gasteiger partial charge is 0.330 e. The number of aliphatic carboxylic acids is 1. The van der Waals surface area contributed by atoms with Crippen molar-refractivity contribution in [3.05, 3.63) is 53.5 Å². The average molecular weight is 392 g/mol. The van der Waals surface area contributed by atoms with Gasteiger partial charge in [0.15, 0.2) is 11.8 Å². The van der Waals surface area contributed by atoms with Crippen LogP contribution in [0.3, 0.4) is 0 Å². The van der Waals surface area contributed by atoms with E-state index in [0.717, 1.165) is 18.9 Å². The highest BCUT2D eigenvalue weighted by molar-refractivity contribution is 7.89. The number of sulfonamides is 1. The van der Waals surface area contributed by atoms with Crippen LogP contribution in [-0.2, 0) is 14.8 Å². The van der Waals surface area contributed by atoms with Crippen molar-refractivity contribution in [1.82, 2.24) is 9.62 Å². The number of carboxylic acids is 1. The number of amides is 1. The van der Waals surface area contributed by atoms with Gasteiger partial charge in [0.1, 0.15) is 10.7 Å². The SMILES string of the molecule is Cc1oc(C(=O)N[C@@H](C(=O)O)c2ccccc2)cc1S(=O)(=O)N1CCCC1. The highest BCUT2D eigenvalue weighted by Crippen LogP contribution is 2.26. The molecule has 0 radical (unpaired) electrons. The zero-order valence-corrected chi connectivity index (χ0v) is 15.5. The molecule has 0 saturated carbocycles. The molecule has 0 spiro atoms. The molecule has 2 heterocycles. The molecule has 2 aromatic rings. The summed E-state index contributed by atoms with van der Waals surface area (Å²) in [5.74, 6) is -2.17. The van der Waals surface area contributed by atoms with E-state index in [1.807, 2.05) is 0 Å². The van der Waals surface area contributed by atoms with Gasteiger partial charge in [-0.15, -0.1) is 0 Å². The summed E-state index contributed by atoms with van der Waals surface area (Å²) in [6.45, 7) is 2.33. The number of benzene rings is 1. The molecule has 2 N–H and O–H groups in total. The zero-order chi connectivity index (χ0) is 19.6. The zero-order valence-electron chi connectivity index (χ0n) is 14.7. The largest absolute Gasteiger partial charge is 0.479 e. The second-order valence-corrected chi connectivity index (χ2v) is 8.20. The minimum absolute atomic E-state index is 0.0684. The number of furan rings is 1. The van der Waals surface area contributed by atoms with Gasteiger partial charge in [-0.2, -0.15) is 4.31 Å². The van der Waals surface area contributed by atoms with Crippen LogP contribution in [0.5, 0.6) is 0 Å². The molecule has 0 aliphatic carbocycles. The quantitative estimate of drug-likeness (QED) is 0.776. The number of rotatable bonds is 6. The Hall–Kier alpha value is -2.65. The summed E-state index contributed by atoms with van der Waals surface area (Å²) in [5.41, 5.74) is 0.395. The molecule has 1 atom stereocenters. The molecule has 0 bridgehead atoms. The molecular formula is C18H20N2O6S. The molecule has 3 rings (SSSR count). The lowest BCUT2D eigenvalue weighted by atomic mass is 10.1. The predicted octanol–water partition coefficient (Wildman–Crippen LogP) is 1.93. The van der Waals surface area contributed by atoms with Crippen molar-refractivity contribution in [3.63, 3.8) is 0 Å². The first-order valence-corrected chi connectivity index (χ1v) is 9.94. The van der Waals surface area contributed by atoms with Crippen LogP contribution < -0.4 is 5.32 Å². The van der Waals surface area contributed by atoms with Crippen molar-refractivity contribution < 1.29 is 27.5 Å². The maximum atomic E-state index is 12.7. The first kappa shape index (κ1) is 19.1. The molecule has 144 valence electrons. The van der Waals surface area contributed by atoms with E-state index in [1.165, 1.54) is 11.2 Å². The molecule has 0 unspecified atom stereocenters. The lowest BCUT2D eigenvalue weighted by Gasteiger charge is -2.14. The average Bonchev–Trinajstić information content (AvgIpc) is 3.30. The standard InChI is InChI=1S/C18H20N2O6S/c1-12-15(27(24,25)20-9-5-6-10-20)11-14(26-12)17(21)19-16(18(22)23)13-7-3-2-4-8-13/h2-4,7-8,11,16H,5-6,9-10H2,1H3,(H,19,21)(H,22,23)/t16-/m1/s1. The van der Waals surface area contributed by atoms with Crippen molar-refractivity contribution in [2.45, 2.75) is 30.7 Å². The fraction of sp³-hybridized carbons (Fsp3) is 0.333. The van der Waals surface area contributed by atoms with Crippen LogP contribution in [0.25, 0.3) is 0 Å². The van der Waals surface area contributed by atoms with E-state index < -0.39 is 27.9 Å². The Kier molecular flexibility index (Phi) is 5.33. The van der Waals surface area contributed by atoms with Crippen molar-refractivity contribution in [2.24, 2.45) is 0 Å². The van der Waals surface area contributed by atoms with Gasteiger partial charge in [0.2, 0.25) is 10.0 Å². The summed E-state index contributed by atoms with van der Waals surface area (Å²) < 4.78 is 32.1. The molecule has 1 amide bonds. The van der Waals surface area contributed by atoms with Crippen LogP contribution in [-0.4, -0.2) is 42.8 Å². The van der Waals surface area contributed by atoms with Crippen molar-refractivity contribution in [2.75, 3.05) is 13.1 Å². The van der Waals surface area contributed by atoms with Crippen molar-refractivity contribution in [1.29, 1.82) is 0 Å². The van der Waals surface area contributed by atoms with Gasteiger partial charge in [-0.1, -0.05) is 30.3 Å². The lowest BCUT2D eigenvalue weighted by Crippen LogP contribution is -2.33. The molecule has 1 aromatic heterocycles. The molecule has 1 aliphatic heterocycles. The third-order valence-electron chi connectivity index (χ3n) is 4.43. The van der Waals surface area contributed by atoms with Gasteiger partial charge in [-0.3, -0.25) is 4.79 Å². The maximum absolute atomic E-state index is 12.7. The maximum Gasteiger partial charge on any atom is 0.330 e. The van der Waals surface area contributed by atoms with E-state index in [0.29, 0.717) is 18.7 Å². The number of carbonyl (C=O) groups is 2. The lowest BCUT2D eigenvalue weighted by molar-refractivity contribution is -0.139. The monoisotopic (exact) mass is 392 g/mol. The Balaban J connectivity index is 1.84. The highest BCUT2D eigenvalue weighted by atomic mass is 32.2. The summed E-state index contributed by atoms with van der Waals surface area (Å²) in [6.07, 6.45) is 1.58. The Labute approximate surface area is 156 Å². The molecule has 1 aliphatic rings. The first-order valence-electron chi connectivity index (χ1n) is 8.50. The van der Waals surface area contributed by atoms with Gasteiger partial charge in [0.05, 0.1) is 0 Å². The van der Waals surface area contributed by atoms with Crippen LogP contribution in [0.2, 0.25) is 0 Å². The molecule has 1 aromatic carbocycles. The van der Waals surface area contributed by atoms with E-state index in [2.05, 4.69) is 5.32 Å². The van der Waals surface area contributed by atoms with Gasteiger partial charge < -0.3 is 14.8 Å². The number of nitrogens with one attached hydrogen (secondary N) is 1. The van der Waals surface area contributed by atoms with Crippen LogP contribution in [0.1, 0.15) is 40.8 Å². The van der Waals surface area contributed by atoms with Crippen LogP contribution in [0, 0.1) is 6.92 Å². The van der Waals surface area contributed by atoms with E-state index in [9.17, 15) is 23.1 Å². The Morgan fingerprint density at radius 1 is 1.19 bits per heavy atom. The molecule has 1 saturated heterocycles. The van der Waals surface area contributed by atoms with Gasteiger partial charge >= 0.3 is 5.97 Å². The molecule has 8 nitrogen and oxygen atoms in total. The van der Waals surface area contributed by atoms with Gasteiger partial charge in [-0.25, -0.2) is 13.2 Å². The third kappa shape index (κ3) is 3.88. The molecule has 27 heavy (non-hydrogen) atoms. The number of nitrogens with zero attached hydrogens (tertiary/aromatic N) is 1. The second-order valence-electron chi connectivity index (χ2n) is 6.30. The Morgan fingerprint density at radius 2 is 1.81 bits per heavy atom. The predicted molar refractivity (Wildman–Crippen MR) is 95.7 cm³/mol. The topological polar surface area (TPSA) is 117 Å². The van der Waals surface area contributed by atoms with E-state index in [4.69, 9.17) is 4.42 Å². The number of carboxylic acid groups (broad SMARTS) is 1. The summed E-state index contributed by atoms with van der Waals surface area (Å²) >= 11 is 0. The Morgan fingerprint density at radius 3 is 2.41 bits per heavy atom. The van der Waals surface area contributed by atoms with Crippen molar-refractivity contribution >= 4 is 21.9 Å². The summed E-state index contributed by atoms with van der Waals surface area (Å²) in [7, 11) is -3.74. The van der Waals surface area contributed by atoms with E-state index >= 15 is 0 Å². The second kappa shape index (κ2) is 7.53. The molecule has 1 fully saturated rings. The number of hydrogen-bond donors (Lipinski definition) is 2. The van der Waals surface area contributed by atoms with Gasteiger partial charge in [0.25, 0.3) is 5.91 Å². The summed E-state index contributed by atoms with van der Waals surface area (Å²) in [5, 5.41) is 11.8. The minimum Gasteiger partial charge on any atom is -0.479 e. The van der Waals surface area contributed by atoms with Crippen LogP contribution >= 0.6 is 0 Å². The molecular weight excluding hydrogens is 372 g/mol. The van der Waals surface area contributed by atoms with E-state index in [1.54, 1.807) is 30.3 Å². The van der Waals surface area contributed by atoms with Crippen LogP contribution in [0.4, 0.5) is 0 Å². The van der Waals surface area contributed by atoms with Gasteiger partial charge in [-0.05, 0) is 25.3 Å². The van der Waals surface area contributed by atoms with Crippen molar-refractivity contribution in [3.8, 4) is 0 Å². The summed E-state index contributed by atoms with van der Waals surface area (Å²) in [4.78, 5) is 23.9. The van der Waals surface area contributed by atoms with Gasteiger partial charge in [0, 0.05) is 19.2 Å². The normalized spacial score (nSPS) is 16.2. The fourth-order valence-electron chi connectivity index (χ4n) is 3.04. The highest BCUT2D eigenvalue weighted by Gasteiger charge is 2.32. The third-order valence-corrected chi connectivity index (χ3v) is 6.44. The summed E-state index contributed by atoms with van der Waals surface area (Å²) in [6, 6.07) is 8.09. The molecule has 9 heteroatoms. The van der Waals surface area contributed by atoms with E-state index in [-0.39, 0.29) is 16.4 Å². The number of hydrogen-bond acceptors (Lipinski definition) is 5. The fourth-order valence-corrected chi connectivity index (χ4v) is 4.71. The first-order chi connectivity index (χ1) is 12.8. The van der Waals surface area contributed by atoms with Crippen LogP contribution in [0.15, 0.2) is 45.7 Å². The Bertz CT molecular complexity index is 945.